The van der Waals surface area contributed by atoms with E-state index in [9.17, 15) is 14.9 Å². The Kier molecular flexibility index (Phi) is 5.04. The summed E-state index contributed by atoms with van der Waals surface area (Å²) in [7, 11) is 0. The zero-order chi connectivity index (χ0) is 13.9. The summed E-state index contributed by atoms with van der Waals surface area (Å²) in [5, 5.41) is 13.2. The molecule has 0 heterocycles. The number of carbonyl (C=O) groups excluding carboxylic acids is 1. The number of nitrogens with one attached hydrogen (secondary N) is 1. The van der Waals surface area contributed by atoms with E-state index in [0.29, 0.717) is 0 Å². The molecule has 0 unspecified atom stereocenters. The highest BCUT2D eigenvalue weighted by Crippen LogP contribution is 2.30. The Morgan fingerprint density at radius 1 is 1.44 bits per heavy atom. The van der Waals surface area contributed by atoms with Crippen LogP contribution >= 0.6 is 46.4 Å². The first-order valence-corrected chi connectivity index (χ1v) is 6.14. The molecule has 0 spiro atoms. The van der Waals surface area contributed by atoms with Crippen LogP contribution in [-0.2, 0) is 4.79 Å². The van der Waals surface area contributed by atoms with Gasteiger partial charge in [-0.3, -0.25) is 14.9 Å². The molecule has 0 aliphatic carbocycles. The maximum atomic E-state index is 11.6. The summed E-state index contributed by atoms with van der Waals surface area (Å²) in [6.07, 6.45) is 0. The van der Waals surface area contributed by atoms with Crippen molar-refractivity contribution in [3.8, 4) is 0 Å². The molecule has 0 aliphatic rings. The Morgan fingerprint density at radius 2 is 2.06 bits per heavy atom. The number of benzene rings is 1. The van der Waals surface area contributed by atoms with Crippen LogP contribution in [0.3, 0.4) is 0 Å². The van der Waals surface area contributed by atoms with Crippen molar-refractivity contribution in [3.63, 3.8) is 0 Å². The Bertz CT molecular complexity index is 493. The van der Waals surface area contributed by atoms with Crippen LogP contribution in [0.2, 0.25) is 5.02 Å². The molecule has 0 bridgehead atoms. The second-order valence-corrected chi connectivity index (χ2v) is 5.40. The van der Waals surface area contributed by atoms with E-state index < -0.39 is 15.2 Å². The maximum absolute atomic E-state index is 11.6. The van der Waals surface area contributed by atoms with E-state index in [1.165, 1.54) is 12.1 Å². The molecule has 0 aromatic heterocycles. The third-order valence-electron chi connectivity index (χ3n) is 1.90. The van der Waals surface area contributed by atoms with Crippen molar-refractivity contribution in [2.75, 3.05) is 11.2 Å². The molecule has 0 aliphatic heterocycles. The summed E-state index contributed by atoms with van der Waals surface area (Å²) in [6, 6.07) is 3.76. The molecule has 1 amide bonds. The molecule has 1 N–H and O–H groups in total. The number of halogens is 4. The van der Waals surface area contributed by atoms with Gasteiger partial charge in [-0.05, 0) is 12.1 Å². The van der Waals surface area contributed by atoms with E-state index in [1.54, 1.807) is 0 Å². The standard InChI is InChI=1S/C9H6Cl4N2O3/c10-4-9(12,13)8(16)14-6-2-1-5(11)3-7(6)15(17)18/h1-3H,4H2,(H,14,16). The monoisotopic (exact) mass is 330 g/mol. The van der Waals surface area contributed by atoms with E-state index in [4.69, 9.17) is 46.4 Å². The van der Waals surface area contributed by atoms with E-state index in [1.807, 2.05) is 0 Å². The highest BCUT2D eigenvalue weighted by atomic mass is 35.5. The van der Waals surface area contributed by atoms with Crippen LogP contribution in [0.25, 0.3) is 0 Å². The van der Waals surface area contributed by atoms with Crippen LogP contribution in [0.1, 0.15) is 0 Å². The second-order valence-electron chi connectivity index (χ2n) is 3.21. The molecule has 0 radical (unpaired) electrons. The van der Waals surface area contributed by atoms with Gasteiger partial charge in [0.05, 0.1) is 10.8 Å². The molecule has 18 heavy (non-hydrogen) atoms. The summed E-state index contributed by atoms with van der Waals surface area (Å²) in [6.45, 7) is 0. The van der Waals surface area contributed by atoms with E-state index >= 15 is 0 Å². The number of nitro benzene ring substituents is 1. The average molecular weight is 332 g/mol. The largest absolute Gasteiger partial charge is 0.318 e. The maximum Gasteiger partial charge on any atom is 0.294 e. The molecular weight excluding hydrogens is 326 g/mol. The first-order chi connectivity index (χ1) is 8.27. The van der Waals surface area contributed by atoms with Crippen molar-refractivity contribution in [3.05, 3.63) is 33.3 Å². The number of rotatable bonds is 4. The van der Waals surface area contributed by atoms with Crippen LogP contribution in [-0.4, -0.2) is 21.0 Å². The fourth-order valence-corrected chi connectivity index (χ4v) is 1.42. The molecule has 5 nitrogen and oxygen atoms in total. The van der Waals surface area contributed by atoms with Crippen LogP contribution in [0, 0.1) is 10.1 Å². The van der Waals surface area contributed by atoms with Gasteiger partial charge in [-0.1, -0.05) is 34.8 Å². The van der Waals surface area contributed by atoms with Crippen molar-refractivity contribution in [1.29, 1.82) is 0 Å². The van der Waals surface area contributed by atoms with E-state index in [0.717, 1.165) is 6.07 Å². The predicted octanol–water partition coefficient (Wildman–Crippen LogP) is 3.60. The van der Waals surface area contributed by atoms with Gasteiger partial charge in [-0.2, -0.15) is 0 Å². The van der Waals surface area contributed by atoms with E-state index in [-0.39, 0.29) is 22.3 Å². The topological polar surface area (TPSA) is 72.2 Å². The lowest BCUT2D eigenvalue weighted by Gasteiger charge is -2.15. The number of amides is 1. The van der Waals surface area contributed by atoms with E-state index in [2.05, 4.69) is 5.32 Å². The molecule has 0 fully saturated rings. The van der Waals surface area contributed by atoms with Crippen molar-refractivity contribution in [2.45, 2.75) is 4.33 Å². The summed E-state index contributed by atoms with van der Waals surface area (Å²) >= 11 is 22.2. The number of carbonyl (C=O) groups is 1. The third-order valence-corrected chi connectivity index (χ3v) is 3.42. The van der Waals surface area contributed by atoms with Gasteiger partial charge in [0.25, 0.3) is 11.6 Å². The lowest BCUT2D eigenvalue weighted by Crippen LogP contribution is -2.34. The van der Waals surface area contributed by atoms with Gasteiger partial charge in [0, 0.05) is 11.1 Å². The minimum Gasteiger partial charge on any atom is -0.318 e. The smallest absolute Gasteiger partial charge is 0.294 e. The van der Waals surface area contributed by atoms with Gasteiger partial charge >= 0.3 is 0 Å². The van der Waals surface area contributed by atoms with Gasteiger partial charge in [0.2, 0.25) is 4.33 Å². The van der Waals surface area contributed by atoms with Gasteiger partial charge in [-0.15, -0.1) is 11.6 Å². The molecule has 0 saturated carbocycles. The molecule has 9 heteroatoms. The molecular formula is C9H6Cl4N2O3. The van der Waals surface area contributed by atoms with Crippen LogP contribution < -0.4 is 5.32 Å². The second kappa shape index (κ2) is 5.93. The summed E-state index contributed by atoms with van der Waals surface area (Å²) in [5.74, 6) is -1.21. The Morgan fingerprint density at radius 3 is 2.56 bits per heavy atom. The Labute approximate surface area is 122 Å². The number of anilines is 1. The van der Waals surface area contributed by atoms with Gasteiger partial charge in [0.15, 0.2) is 0 Å². The Balaban J connectivity index is 3.05. The van der Waals surface area contributed by atoms with Crippen molar-refractivity contribution >= 4 is 63.7 Å². The molecule has 0 atom stereocenters. The minimum atomic E-state index is -1.87. The molecule has 1 aromatic rings. The normalized spacial score (nSPS) is 11.1. The number of nitrogens with zero attached hydrogens (tertiary/aromatic N) is 1. The average Bonchev–Trinajstić information content (AvgIpc) is 2.31. The van der Waals surface area contributed by atoms with Crippen molar-refractivity contribution in [1.82, 2.24) is 0 Å². The minimum absolute atomic E-state index is 0.0646. The van der Waals surface area contributed by atoms with Crippen molar-refractivity contribution in [2.24, 2.45) is 0 Å². The fraction of sp³-hybridized carbons (Fsp3) is 0.222. The summed E-state index contributed by atoms with van der Waals surface area (Å²) < 4.78 is -1.87. The van der Waals surface area contributed by atoms with Gasteiger partial charge < -0.3 is 5.32 Å². The Hall–Kier alpha value is -0.750. The molecule has 1 aromatic carbocycles. The number of hydrogen-bond donors (Lipinski definition) is 1. The van der Waals surface area contributed by atoms with Gasteiger partial charge in [0.1, 0.15) is 5.69 Å². The number of nitro groups is 1. The molecule has 98 valence electrons. The lowest BCUT2D eigenvalue weighted by atomic mass is 10.2. The van der Waals surface area contributed by atoms with Crippen molar-refractivity contribution < 1.29 is 9.72 Å². The third kappa shape index (κ3) is 3.62. The highest BCUT2D eigenvalue weighted by molar-refractivity contribution is 6.61. The van der Waals surface area contributed by atoms with Crippen LogP contribution in [0.4, 0.5) is 11.4 Å². The SMILES string of the molecule is O=C(Nc1ccc(Cl)cc1[N+](=O)[O-])C(Cl)(Cl)CCl. The lowest BCUT2D eigenvalue weighted by molar-refractivity contribution is -0.383. The van der Waals surface area contributed by atoms with Crippen LogP contribution in [0.5, 0.6) is 0 Å². The summed E-state index contributed by atoms with van der Waals surface area (Å²) in [5.41, 5.74) is -0.431. The first-order valence-electron chi connectivity index (χ1n) is 4.47. The number of hydrogen-bond acceptors (Lipinski definition) is 3. The molecule has 1 rings (SSSR count). The summed E-state index contributed by atoms with van der Waals surface area (Å²) in [4.78, 5) is 21.7. The number of alkyl halides is 3. The van der Waals surface area contributed by atoms with Crippen LogP contribution in [0.15, 0.2) is 18.2 Å². The highest BCUT2D eigenvalue weighted by Gasteiger charge is 2.34. The zero-order valence-corrected chi connectivity index (χ0v) is 11.6. The van der Waals surface area contributed by atoms with Gasteiger partial charge in [-0.25, -0.2) is 0 Å². The zero-order valence-electron chi connectivity index (χ0n) is 8.62. The first kappa shape index (κ1) is 15.3. The quantitative estimate of drug-likeness (QED) is 0.520. The predicted molar refractivity (Wildman–Crippen MR) is 71.9 cm³/mol. The molecule has 0 saturated heterocycles. The fourth-order valence-electron chi connectivity index (χ4n) is 1.04.